The van der Waals surface area contributed by atoms with Gasteiger partial charge in [0.25, 0.3) is 0 Å². The van der Waals surface area contributed by atoms with E-state index in [-0.39, 0.29) is 12.4 Å². The summed E-state index contributed by atoms with van der Waals surface area (Å²) < 4.78 is 0. The van der Waals surface area contributed by atoms with Gasteiger partial charge in [0.15, 0.2) is 0 Å². The van der Waals surface area contributed by atoms with Crippen LogP contribution in [0.2, 0.25) is 0 Å². The van der Waals surface area contributed by atoms with Crippen molar-refractivity contribution in [3.8, 4) is 0 Å². The minimum Gasteiger partial charge on any atom is -0.380 e. The first kappa shape index (κ1) is 13.1. The molecule has 0 bridgehead atoms. The Morgan fingerprint density at radius 1 is 1.33 bits per heavy atom. The normalized spacial score (nSPS) is 18.6. The van der Waals surface area contributed by atoms with Crippen LogP contribution in [0.3, 0.4) is 0 Å². The number of hydrogen-bond acceptors (Lipinski definition) is 3. The predicted octanol–water partition coefficient (Wildman–Crippen LogP) is 2.74. The van der Waals surface area contributed by atoms with Crippen LogP contribution in [0.25, 0.3) is 10.9 Å². The molecule has 1 saturated heterocycles. The van der Waals surface area contributed by atoms with E-state index in [1.807, 2.05) is 12.3 Å². The molecule has 1 fully saturated rings. The summed E-state index contributed by atoms with van der Waals surface area (Å²) in [5.74, 6) is 0. The number of hydrogen-bond donors (Lipinski definition) is 2. The van der Waals surface area contributed by atoms with Gasteiger partial charge in [-0.15, -0.1) is 12.4 Å². The van der Waals surface area contributed by atoms with Gasteiger partial charge in [0.05, 0.1) is 5.52 Å². The minimum atomic E-state index is 0. The maximum absolute atomic E-state index is 4.40. The highest BCUT2D eigenvalue weighted by Gasteiger charge is 2.16. The molecule has 0 saturated carbocycles. The Morgan fingerprint density at radius 3 is 3.00 bits per heavy atom. The Labute approximate surface area is 113 Å². The molecule has 1 atom stereocenters. The molecule has 0 spiro atoms. The van der Waals surface area contributed by atoms with Crippen LogP contribution in [-0.4, -0.2) is 24.1 Å². The first-order chi connectivity index (χ1) is 8.34. The zero-order valence-corrected chi connectivity index (χ0v) is 11.3. The second kappa shape index (κ2) is 5.55. The average Bonchev–Trinajstić information content (AvgIpc) is 2.86. The summed E-state index contributed by atoms with van der Waals surface area (Å²) in [6.07, 6.45) is 3.04. The van der Waals surface area contributed by atoms with Crippen molar-refractivity contribution >= 4 is 29.0 Å². The van der Waals surface area contributed by atoms with E-state index in [1.165, 1.54) is 23.1 Å². The van der Waals surface area contributed by atoms with Gasteiger partial charge in [0, 0.05) is 29.9 Å². The molecule has 0 amide bonds. The fourth-order valence-corrected chi connectivity index (χ4v) is 2.43. The first-order valence-electron chi connectivity index (χ1n) is 6.16. The van der Waals surface area contributed by atoms with E-state index in [1.54, 1.807) is 0 Å². The molecule has 1 aliphatic heterocycles. The molecule has 3 nitrogen and oxygen atoms in total. The lowest BCUT2D eigenvalue weighted by molar-refractivity contribution is 0.793. The lowest BCUT2D eigenvalue weighted by atomic mass is 10.1. The van der Waals surface area contributed by atoms with Crippen LogP contribution in [0.4, 0.5) is 5.69 Å². The van der Waals surface area contributed by atoms with Crippen LogP contribution in [-0.2, 0) is 0 Å². The second-order valence-electron chi connectivity index (χ2n) is 4.66. The van der Waals surface area contributed by atoms with E-state index in [4.69, 9.17) is 0 Å². The monoisotopic (exact) mass is 263 g/mol. The van der Waals surface area contributed by atoms with Crippen molar-refractivity contribution < 1.29 is 0 Å². The van der Waals surface area contributed by atoms with Crippen LogP contribution < -0.4 is 10.6 Å². The molecular weight excluding hydrogens is 246 g/mol. The third-order valence-electron chi connectivity index (χ3n) is 3.40. The largest absolute Gasteiger partial charge is 0.380 e. The van der Waals surface area contributed by atoms with Crippen molar-refractivity contribution in [2.75, 3.05) is 18.4 Å². The van der Waals surface area contributed by atoms with Crippen molar-refractivity contribution in [3.63, 3.8) is 0 Å². The van der Waals surface area contributed by atoms with Gasteiger partial charge in [0.2, 0.25) is 0 Å². The van der Waals surface area contributed by atoms with Crippen LogP contribution in [0.5, 0.6) is 0 Å². The van der Waals surface area contributed by atoms with Gasteiger partial charge in [-0.25, -0.2) is 0 Å². The minimum absolute atomic E-state index is 0. The van der Waals surface area contributed by atoms with Gasteiger partial charge in [-0.3, -0.25) is 4.98 Å². The van der Waals surface area contributed by atoms with E-state index in [0.717, 1.165) is 18.6 Å². The highest BCUT2D eigenvalue weighted by atomic mass is 35.5. The van der Waals surface area contributed by atoms with Crippen molar-refractivity contribution in [3.05, 3.63) is 36.0 Å². The topological polar surface area (TPSA) is 37.0 Å². The highest BCUT2D eigenvalue weighted by Crippen LogP contribution is 2.27. The smallest absolute Gasteiger partial charge is 0.0722 e. The van der Waals surface area contributed by atoms with E-state index in [9.17, 15) is 0 Å². The summed E-state index contributed by atoms with van der Waals surface area (Å²) in [6, 6.07) is 8.90. The molecule has 0 radical (unpaired) electrons. The number of aromatic nitrogens is 1. The Morgan fingerprint density at radius 2 is 2.22 bits per heavy atom. The number of pyridine rings is 1. The van der Waals surface area contributed by atoms with Gasteiger partial charge >= 0.3 is 0 Å². The molecule has 4 heteroatoms. The molecule has 2 N–H and O–H groups in total. The van der Waals surface area contributed by atoms with E-state index < -0.39 is 0 Å². The zero-order valence-electron chi connectivity index (χ0n) is 10.4. The Balaban J connectivity index is 0.00000120. The molecule has 3 rings (SSSR count). The first-order valence-corrected chi connectivity index (χ1v) is 6.16. The van der Waals surface area contributed by atoms with Crippen molar-refractivity contribution in [2.24, 2.45) is 0 Å². The standard InChI is InChI=1S/C14H17N3.ClH/c1-10-4-5-13-12(3-2-7-16-13)14(10)17-11-6-8-15-9-11;/h2-5,7,11,15,17H,6,8-9H2,1H3;1H. The number of aryl methyl sites for hydroxylation is 1. The maximum atomic E-state index is 4.40. The average molecular weight is 264 g/mol. The van der Waals surface area contributed by atoms with E-state index in [0.29, 0.717) is 6.04 Å². The van der Waals surface area contributed by atoms with Gasteiger partial charge in [-0.05, 0) is 43.7 Å². The third kappa shape index (κ3) is 2.42. The Hall–Kier alpha value is -1.32. The Bertz CT molecular complexity index is 536. The van der Waals surface area contributed by atoms with Gasteiger partial charge in [-0.2, -0.15) is 0 Å². The van der Waals surface area contributed by atoms with Crippen molar-refractivity contribution in [1.82, 2.24) is 10.3 Å². The van der Waals surface area contributed by atoms with Crippen LogP contribution >= 0.6 is 12.4 Å². The SMILES string of the molecule is Cc1ccc2ncccc2c1NC1CCNC1.Cl. The third-order valence-corrected chi connectivity index (χ3v) is 3.40. The van der Waals surface area contributed by atoms with E-state index in [2.05, 4.69) is 40.7 Å². The Kier molecular flexibility index (Phi) is 4.04. The lowest BCUT2D eigenvalue weighted by Crippen LogP contribution is -2.22. The number of halogens is 1. The molecule has 0 aliphatic carbocycles. The quantitative estimate of drug-likeness (QED) is 0.875. The van der Waals surface area contributed by atoms with Crippen LogP contribution in [0.15, 0.2) is 30.5 Å². The van der Waals surface area contributed by atoms with E-state index >= 15 is 0 Å². The van der Waals surface area contributed by atoms with Crippen LogP contribution in [0, 0.1) is 6.92 Å². The van der Waals surface area contributed by atoms with Gasteiger partial charge < -0.3 is 10.6 Å². The molecule has 1 aliphatic rings. The summed E-state index contributed by atoms with van der Waals surface area (Å²) in [7, 11) is 0. The summed E-state index contributed by atoms with van der Waals surface area (Å²) in [5, 5.41) is 8.25. The predicted molar refractivity (Wildman–Crippen MR) is 78.6 cm³/mol. The fraction of sp³-hybridized carbons (Fsp3) is 0.357. The molecule has 2 aromatic rings. The number of nitrogens with one attached hydrogen (secondary N) is 2. The molecule has 96 valence electrons. The van der Waals surface area contributed by atoms with Crippen molar-refractivity contribution in [2.45, 2.75) is 19.4 Å². The summed E-state index contributed by atoms with van der Waals surface area (Å²) in [5.41, 5.74) is 3.59. The van der Waals surface area contributed by atoms with Crippen molar-refractivity contribution in [1.29, 1.82) is 0 Å². The number of rotatable bonds is 2. The zero-order chi connectivity index (χ0) is 11.7. The molecule has 1 aromatic carbocycles. The van der Waals surface area contributed by atoms with Gasteiger partial charge in [0.1, 0.15) is 0 Å². The highest BCUT2D eigenvalue weighted by molar-refractivity contribution is 5.93. The lowest BCUT2D eigenvalue weighted by Gasteiger charge is -2.17. The molecular formula is C14H18ClN3. The number of anilines is 1. The molecule has 1 unspecified atom stereocenters. The van der Waals surface area contributed by atoms with Gasteiger partial charge in [-0.1, -0.05) is 6.07 Å². The number of nitrogens with zero attached hydrogens (tertiary/aromatic N) is 1. The number of benzene rings is 1. The summed E-state index contributed by atoms with van der Waals surface area (Å²) in [4.78, 5) is 4.40. The molecule has 18 heavy (non-hydrogen) atoms. The molecule has 1 aromatic heterocycles. The summed E-state index contributed by atoms with van der Waals surface area (Å²) >= 11 is 0. The fourth-order valence-electron chi connectivity index (χ4n) is 2.43. The summed E-state index contributed by atoms with van der Waals surface area (Å²) in [6.45, 7) is 4.31. The second-order valence-corrected chi connectivity index (χ2v) is 4.66. The van der Waals surface area contributed by atoms with Crippen LogP contribution in [0.1, 0.15) is 12.0 Å². The maximum Gasteiger partial charge on any atom is 0.0722 e. The number of fused-ring (bicyclic) bond motifs is 1. The molecule has 2 heterocycles.